The first-order valence-corrected chi connectivity index (χ1v) is 10.7. The summed E-state index contributed by atoms with van der Waals surface area (Å²) in [5.74, 6) is -2.21. The Labute approximate surface area is 168 Å². The molecule has 2 heterocycles. The van der Waals surface area contributed by atoms with Gasteiger partial charge in [0.05, 0.1) is 5.69 Å². The van der Waals surface area contributed by atoms with Crippen molar-refractivity contribution >= 4 is 26.3 Å². The van der Waals surface area contributed by atoms with E-state index >= 15 is 0 Å². The molecule has 0 unspecified atom stereocenters. The van der Waals surface area contributed by atoms with Crippen LogP contribution in [0.4, 0.5) is 13.2 Å². The first kappa shape index (κ1) is 19.6. The molecule has 29 heavy (non-hydrogen) atoms. The van der Waals surface area contributed by atoms with Crippen LogP contribution >= 0.6 is 11.3 Å². The quantitative estimate of drug-likeness (QED) is 0.507. The fourth-order valence-corrected chi connectivity index (χ4v) is 5.06. The van der Waals surface area contributed by atoms with Crippen LogP contribution in [0.1, 0.15) is 10.6 Å². The average Bonchev–Trinajstić information content (AvgIpc) is 3.22. The van der Waals surface area contributed by atoms with E-state index in [0.29, 0.717) is 21.6 Å². The first-order chi connectivity index (χ1) is 13.7. The summed E-state index contributed by atoms with van der Waals surface area (Å²) in [6, 6.07) is 8.21. The Hall–Kier alpha value is -2.69. The molecule has 0 spiro atoms. The molecule has 10 heteroatoms. The summed E-state index contributed by atoms with van der Waals surface area (Å²) < 4.78 is 69.0. The number of aryl methyl sites for hydroxylation is 1. The molecule has 1 N–H and O–H groups in total. The Kier molecular flexibility index (Phi) is 4.93. The highest BCUT2D eigenvalue weighted by molar-refractivity contribution is 7.89. The number of imidazole rings is 1. The number of hydrogen-bond acceptors (Lipinski definition) is 4. The first-order valence-electron chi connectivity index (χ1n) is 8.42. The van der Waals surface area contributed by atoms with E-state index in [9.17, 15) is 21.6 Å². The van der Waals surface area contributed by atoms with Crippen molar-refractivity contribution in [3.05, 3.63) is 76.7 Å². The molecule has 0 fully saturated rings. The van der Waals surface area contributed by atoms with Crippen molar-refractivity contribution < 1.29 is 21.6 Å². The van der Waals surface area contributed by atoms with Crippen LogP contribution in [0.2, 0.25) is 0 Å². The molecule has 5 nitrogen and oxygen atoms in total. The number of sulfonamides is 1. The normalized spacial score (nSPS) is 12.0. The van der Waals surface area contributed by atoms with Gasteiger partial charge in [-0.1, -0.05) is 11.3 Å². The minimum atomic E-state index is -4.23. The number of nitrogens with zero attached hydrogens (tertiary/aromatic N) is 2. The zero-order valence-electron chi connectivity index (χ0n) is 15.0. The maximum atomic E-state index is 13.8. The minimum Gasteiger partial charge on any atom is -0.294 e. The lowest BCUT2D eigenvalue weighted by Gasteiger charge is -2.07. The van der Waals surface area contributed by atoms with Crippen LogP contribution in [-0.4, -0.2) is 17.8 Å². The van der Waals surface area contributed by atoms with Crippen LogP contribution in [0.5, 0.6) is 0 Å². The molecule has 0 saturated carbocycles. The Morgan fingerprint density at radius 3 is 2.45 bits per heavy atom. The van der Waals surface area contributed by atoms with Crippen molar-refractivity contribution in [3.8, 4) is 11.3 Å². The van der Waals surface area contributed by atoms with Crippen molar-refractivity contribution in [3.63, 3.8) is 0 Å². The molecule has 0 aliphatic rings. The summed E-state index contributed by atoms with van der Waals surface area (Å²) >= 11 is 1.27. The molecule has 0 bridgehead atoms. The van der Waals surface area contributed by atoms with Gasteiger partial charge in [0.2, 0.25) is 10.0 Å². The van der Waals surface area contributed by atoms with Gasteiger partial charge in [0.1, 0.15) is 22.3 Å². The van der Waals surface area contributed by atoms with E-state index in [1.807, 2.05) is 0 Å². The Morgan fingerprint density at radius 2 is 1.76 bits per heavy atom. The van der Waals surface area contributed by atoms with Gasteiger partial charge in [-0.3, -0.25) is 4.40 Å². The Bertz CT molecular complexity index is 1310. The molecule has 0 amide bonds. The number of benzene rings is 2. The molecule has 0 radical (unpaired) electrons. The molecule has 4 rings (SSSR count). The van der Waals surface area contributed by atoms with E-state index < -0.39 is 26.6 Å². The molecule has 0 aliphatic carbocycles. The standard InChI is InChI=1S/C19H14F3N3O2S2/c1-11-17(9-23-29(26,27)18-8-14(21)6-7-15(18)22)28-19-24-16(10-25(11)19)12-2-4-13(20)5-3-12/h2-8,10,23H,9H2,1H3. The number of aromatic nitrogens is 2. The summed E-state index contributed by atoms with van der Waals surface area (Å²) in [7, 11) is -4.23. The predicted molar refractivity (Wildman–Crippen MR) is 104 cm³/mol. The van der Waals surface area contributed by atoms with Crippen LogP contribution < -0.4 is 4.72 Å². The zero-order chi connectivity index (χ0) is 20.8. The molecular weight excluding hydrogens is 423 g/mol. The van der Waals surface area contributed by atoms with Gasteiger partial charge >= 0.3 is 0 Å². The van der Waals surface area contributed by atoms with Crippen molar-refractivity contribution in [2.45, 2.75) is 18.4 Å². The van der Waals surface area contributed by atoms with Crippen LogP contribution in [0.3, 0.4) is 0 Å². The van der Waals surface area contributed by atoms with E-state index in [1.54, 1.807) is 29.7 Å². The Morgan fingerprint density at radius 1 is 1.07 bits per heavy atom. The third-order valence-electron chi connectivity index (χ3n) is 4.40. The minimum absolute atomic E-state index is 0.0932. The van der Waals surface area contributed by atoms with Gasteiger partial charge in [-0.25, -0.2) is 31.3 Å². The van der Waals surface area contributed by atoms with Crippen molar-refractivity contribution in [1.29, 1.82) is 0 Å². The van der Waals surface area contributed by atoms with Crippen LogP contribution in [-0.2, 0) is 16.6 Å². The fraction of sp³-hybridized carbons (Fsp3) is 0.105. The van der Waals surface area contributed by atoms with Gasteiger partial charge in [0.15, 0.2) is 4.96 Å². The van der Waals surface area contributed by atoms with Crippen LogP contribution in [0.15, 0.2) is 53.6 Å². The SMILES string of the molecule is Cc1c(CNS(=O)(=O)c2cc(F)ccc2F)sc2nc(-c3ccc(F)cc3)cn12. The smallest absolute Gasteiger partial charge is 0.243 e. The lowest BCUT2D eigenvalue weighted by atomic mass is 10.2. The maximum Gasteiger partial charge on any atom is 0.243 e. The number of rotatable bonds is 5. The zero-order valence-corrected chi connectivity index (χ0v) is 16.6. The lowest BCUT2D eigenvalue weighted by molar-refractivity contribution is 0.545. The van der Waals surface area contributed by atoms with Crippen LogP contribution in [0.25, 0.3) is 16.2 Å². The number of hydrogen-bond donors (Lipinski definition) is 1. The average molecular weight is 437 g/mol. The summed E-state index contributed by atoms with van der Waals surface area (Å²) in [6.45, 7) is 1.70. The van der Waals surface area contributed by atoms with Crippen molar-refractivity contribution in [1.82, 2.24) is 14.1 Å². The summed E-state index contributed by atoms with van der Waals surface area (Å²) in [5.41, 5.74) is 2.17. The van der Waals surface area contributed by atoms with Gasteiger partial charge < -0.3 is 0 Å². The number of thiazole rings is 1. The van der Waals surface area contributed by atoms with Gasteiger partial charge in [-0.2, -0.15) is 0 Å². The van der Waals surface area contributed by atoms with E-state index in [1.165, 1.54) is 23.5 Å². The number of halogens is 3. The summed E-state index contributed by atoms with van der Waals surface area (Å²) in [4.78, 5) is 5.07. The number of nitrogens with one attached hydrogen (secondary N) is 1. The molecule has 0 atom stereocenters. The molecule has 150 valence electrons. The molecule has 2 aromatic carbocycles. The fourth-order valence-electron chi connectivity index (χ4n) is 2.84. The predicted octanol–water partition coefficient (Wildman–Crippen LogP) is 4.27. The number of fused-ring (bicyclic) bond motifs is 1. The highest BCUT2D eigenvalue weighted by Crippen LogP contribution is 2.27. The molecule has 2 aromatic heterocycles. The molecular formula is C19H14F3N3O2S2. The van der Waals surface area contributed by atoms with E-state index in [2.05, 4.69) is 9.71 Å². The van der Waals surface area contributed by atoms with Gasteiger partial charge in [-0.15, -0.1) is 0 Å². The van der Waals surface area contributed by atoms with Gasteiger partial charge in [0.25, 0.3) is 0 Å². The van der Waals surface area contributed by atoms with E-state index in [0.717, 1.165) is 23.4 Å². The summed E-state index contributed by atoms with van der Waals surface area (Å²) in [5, 5.41) is 0. The van der Waals surface area contributed by atoms with Crippen molar-refractivity contribution in [2.24, 2.45) is 0 Å². The summed E-state index contributed by atoms with van der Waals surface area (Å²) in [6.07, 6.45) is 1.78. The maximum absolute atomic E-state index is 13.8. The lowest BCUT2D eigenvalue weighted by Crippen LogP contribution is -2.24. The van der Waals surface area contributed by atoms with E-state index in [-0.39, 0.29) is 12.4 Å². The second-order valence-corrected chi connectivity index (χ2v) is 9.09. The third-order valence-corrected chi connectivity index (χ3v) is 6.97. The molecule has 0 aliphatic heterocycles. The van der Waals surface area contributed by atoms with Gasteiger partial charge in [-0.05, 0) is 49.4 Å². The Balaban J connectivity index is 1.59. The molecule has 4 aromatic rings. The highest BCUT2D eigenvalue weighted by atomic mass is 32.2. The van der Waals surface area contributed by atoms with Gasteiger partial charge in [0, 0.05) is 28.9 Å². The van der Waals surface area contributed by atoms with Crippen molar-refractivity contribution in [2.75, 3.05) is 0 Å². The molecule has 0 saturated heterocycles. The van der Waals surface area contributed by atoms with Crippen LogP contribution in [0, 0.1) is 24.4 Å². The monoisotopic (exact) mass is 437 g/mol. The highest BCUT2D eigenvalue weighted by Gasteiger charge is 2.21. The third kappa shape index (κ3) is 3.78. The second kappa shape index (κ2) is 7.29. The topological polar surface area (TPSA) is 63.5 Å². The van der Waals surface area contributed by atoms with E-state index in [4.69, 9.17) is 0 Å². The second-order valence-electron chi connectivity index (χ2n) is 6.30. The largest absolute Gasteiger partial charge is 0.294 e.